The van der Waals surface area contributed by atoms with Crippen LogP contribution in [0.4, 0.5) is 29.0 Å². The van der Waals surface area contributed by atoms with Crippen LogP contribution in [0.5, 0.6) is 0 Å². The topological polar surface area (TPSA) is 135 Å². The normalized spacial score (nSPS) is 13.1. The Morgan fingerprint density at radius 3 is 1.51 bits per heavy atom. The molecule has 6 N–H and O–H groups in total. The molecule has 1 aliphatic heterocycles. The summed E-state index contributed by atoms with van der Waals surface area (Å²) >= 11 is 0. The average molecular weight is 534 g/mol. The lowest BCUT2D eigenvalue weighted by Crippen LogP contribution is -2.23. The van der Waals surface area contributed by atoms with Gasteiger partial charge in [-0.05, 0) is 12.1 Å². The molecule has 8 rings (SSSR count). The van der Waals surface area contributed by atoms with Gasteiger partial charge in [-0.3, -0.25) is 0 Å². The van der Waals surface area contributed by atoms with Gasteiger partial charge < -0.3 is 26.0 Å². The first-order chi connectivity index (χ1) is 20.2. The minimum atomic E-state index is 0.547. The van der Waals surface area contributed by atoms with Crippen LogP contribution in [-0.2, 0) is 0 Å². The van der Waals surface area contributed by atoms with Crippen LogP contribution in [0.15, 0.2) is 117 Å². The molecule has 0 fully saturated rings. The van der Waals surface area contributed by atoms with E-state index >= 15 is 0 Å². The molecule has 0 saturated heterocycles. The van der Waals surface area contributed by atoms with Crippen LogP contribution in [-0.4, -0.2) is 27.1 Å². The van der Waals surface area contributed by atoms with Crippen LogP contribution in [0.25, 0.3) is 32.3 Å². The lowest BCUT2D eigenvalue weighted by Gasteiger charge is -2.09. The van der Waals surface area contributed by atoms with Crippen LogP contribution < -0.4 is 22.0 Å². The summed E-state index contributed by atoms with van der Waals surface area (Å²) < 4.78 is 0. The summed E-state index contributed by atoms with van der Waals surface area (Å²) in [5.74, 6) is 3.26. The number of nitrogens with zero attached hydrogens (tertiary/aromatic N) is 4. The molecule has 6 bridgehead atoms. The van der Waals surface area contributed by atoms with Crippen molar-refractivity contribution in [1.29, 1.82) is 0 Å². The fourth-order valence-corrected chi connectivity index (χ4v) is 5.35. The van der Waals surface area contributed by atoms with Gasteiger partial charge in [0.05, 0.1) is 6.34 Å². The molecule has 0 aliphatic carbocycles. The van der Waals surface area contributed by atoms with Gasteiger partial charge in [-0.2, -0.15) is 0 Å². The predicted octanol–water partition coefficient (Wildman–Crippen LogP) is 5.96. The number of nitrogens with two attached hydrogens (primary N) is 1. The molecule has 9 nitrogen and oxygen atoms in total. The van der Waals surface area contributed by atoms with Gasteiger partial charge in [0.15, 0.2) is 0 Å². The van der Waals surface area contributed by atoms with Crippen molar-refractivity contribution in [2.24, 2.45) is 20.0 Å². The van der Waals surface area contributed by atoms with Crippen molar-refractivity contribution in [2.45, 2.75) is 0 Å². The second-order valence-corrected chi connectivity index (χ2v) is 9.78. The van der Waals surface area contributed by atoms with Crippen molar-refractivity contribution in [3.8, 4) is 0 Å². The number of para-hydroxylation sites is 1. The van der Waals surface area contributed by atoms with Gasteiger partial charge in [0.1, 0.15) is 40.1 Å². The van der Waals surface area contributed by atoms with E-state index in [2.05, 4.69) is 20.3 Å². The van der Waals surface area contributed by atoms with Gasteiger partial charge in [0.25, 0.3) is 0 Å². The molecule has 1 aliphatic rings. The van der Waals surface area contributed by atoms with Crippen LogP contribution in [0.2, 0.25) is 0 Å². The smallest absolute Gasteiger partial charge is 0.142 e. The molecular weight excluding hydrogens is 510 g/mol. The minimum Gasteiger partial charge on any atom is -0.398 e. The number of fused-ring (bicyclic) bond motifs is 15. The standard InChI is InChI=1S/C32H23N9/c33-25-16-8-7-15-24(25)27-35-17-34-26-18-9-1-2-10-19(18)28(36-26)38-31-22-13-5-6-14-23(22)32(41-31)40-30-21-12-4-3-11-20(21)29(37-27)39-30/h1-17,36,39H,33H2,(H,34,35,37)(H,38,40,41). The molecule has 4 aromatic carbocycles. The number of nitrogen functional groups attached to an aromatic ring is 1. The van der Waals surface area contributed by atoms with Crippen molar-refractivity contribution >= 4 is 73.5 Å². The van der Waals surface area contributed by atoms with E-state index < -0.39 is 0 Å². The first-order valence-corrected chi connectivity index (χ1v) is 13.2. The highest BCUT2D eigenvalue weighted by atomic mass is 15.1. The fraction of sp³-hybridized carbons (Fsp3) is 0. The molecule has 196 valence electrons. The summed E-state index contributed by atoms with van der Waals surface area (Å²) in [6.45, 7) is 0. The second-order valence-electron chi connectivity index (χ2n) is 9.78. The number of benzene rings is 4. The van der Waals surface area contributed by atoms with Gasteiger partial charge in [-0.15, -0.1) is 0 Å². The summed E-state index contributed by atoms with van der Waals surface area (Å²) in [5, 5.41) is 9.01. The van der Waals surface area contributed by atoms with Crippen molar-refractivity contribution in [2.75, 3.05) is 5.73 Å². The minimum absolute atomic E-state index is 0.547. The summed E-state index contributed by atoms with van der Waals surface area (Å²) in [5.41, 5.74) is 9.15. The van der Waals surface area contributed by atoms with Crippen molar-refractivity contribution < 1.29 is 0 Å². The first-order valence-electron chi connectivity index (χ1n) is 13.2. The van der Waals surface area contributed by atoms with Crippen molar-refractivity contribution in [3.05, 3.63) is 114 Å². The lowest BCUT2D eigenvalue weighted by atomic mass is 10.1. The number of aromatic amines is 3. The summed E-state index contributed by atoms with van der Waals surface area (Å²) in [6, 6.07) is 31.8. The number of amidine groups is 1. The molecule has 0 spiro atoms. The van der Waals surface area contributed by atoms with E-state index in [1.807, 2.05) is 97.1 Å². The maximum Gasteiger partial charge on any atom is 0.142 e. The predicted molar refractivity (Wildman–Crippen MR) is 165 cm³/mol. The van der Waals surface area contributed by atoms with Crippen molar-refractivity contribution in [3.63, 3.8) is 0 Å². The third-order valence-corrected chi connectivity index (χ3v) is 7.30. The molecule has 41 heavy (non-hydrogen) atoms. The number of hydrogen-bond donors (Lipinski definition) is 5. The Morgan fingerprint density at radius 2 is 0.927 bits per heavy atom. The lowest BCUT2D eigenvalue weighted by molar-refractivity contribution is 1.11. The number of rotatable bonds is 1. The number of aliphatic imine (C=N–C) groups is 2. The number of aromatic nitrogens is 3. The number of H-pyrrole nitrogens is 3. The number of hydrogen-bond acceptors (Lipinski definition) is 6. The molecule has 0 radical (unpaired) electrons. The highest BCUT2D eigenvalue weighted by molar-refractivity contribution is 6.11. The number of anilines is 1. The zero-order valence-electron chi connectivity index (χ0n) is 21.7. The van der Waals surface area contributed by atoms with E-state index in [9.17, 15) is 0 Å². The number of nitrogens with one attached hydrogen (secondary N) is 4. The SMILES string of the molecule is Nc1ccccc1C1=Nc2[nH]c(c3ccccc23)N=c2[nH]c(c3ccccc23)=Nc2[nH]c(c3ccccc23)N=CN1. The van der Waals surface area contributed by atoms with E-state index in [0.717, 1.165) is 37.9 Å². The molecule has 0 unspecified atom stereocenters. The maximum absolute atomic E-state index is 6.39. The Kier molecular flexibility index (Phi) is 5.08. The Balaban J connectivity index is 1.48. The first kappa shape index (κ1) is 23.0. The Morgan fingerprint density at radius 1 is 0.463 bits per heavy atom. The van der Waals surface area contributed by atoms with E-state index in [4.69, 9.17) is 25.7 Å². The van der Waals surface area contributed by atoms with E-state index in [0.29, 0.717) is 45.8 Å². The molecule has 0 atom stereocenters. The van der Waals surface area contributed by atoms with Crippen molar-refractivity contribution in [1.82, 2.24) is 20.3 Å². The molecule has 0 amide bonds. The molecule has 9 heteroatoms. The molecule has 3 aromatic heterocycles. The zero-order chi connectivity index (χ0) is 27.3. The highest BCUT2D eigenvalue weighted by Crippen LogP contribution is 2.35. The zero-order valence-corrected chi connectivity index (χ0v) is 21.7. The quantitative estimate of drug-likeness (QED) is 0.167. The monoisotopic (exact) mass is 533 g/mol. The van der Waals surface area contributed by atoms with Gasteiger partial charge >= 0.3 is 0 Å². The van der Waals surface area contributed by atoms with Crippen LogP contribution >= 0.6 is 0 Å². The van der Waals surface area contributed by atoms with Gasteiger partial charge in [-0.1, -0.05) is 84.9 Å². The van der Waals surface area contributed by atoms with Gasteiger partial charge in [0.2, 0.25) is 0 Å². The molecule has 0 saturated carbocycles. The Hall–Kier alpha value is -5.96. The van der Waals surface area contributed by atoms with E-state index in [-0.39, 0.29) is 0 Å². The molecule has 7 aromatic rings. The second kappa shape index (κ2) is 9.06. The van der Waals surface area contributed by atoms with Crippen LogP contribution in [0.3, 0.4) is 0 Å². The van der Waals surface area contributed by atoms with E-state index in [1.165, 1.54) is 0 Å². The average Bonchev–Trinajstić information content (AvgIpc) is 3.65. The van der Waals surface area contributed by atoms with Crippen LogP contribution in [0, 0.1) is 0 Å². The molecule has 4 heterocycles. The Labute approximate surface area is 232 Å². The van der Waals surface area contributed by atoms with Crippen LogP contribution in [0.1, 0.15) is 5.56 Å². The summed E-state index contributed by atoms with van der Waals surface area (Å²) in [7, 11) is 0. The summed E-state index contributed by atoms with van der Waals surface area (Å²) in [4.78, 5) is 30.2. The maximum atomic E-state index is 6.39. The van der Waals surface area contributed by atoms with E-state index in [1.54, 1.807) is 6.34 Å². The summed E-state index contributed by atoms with van der Waals surface area (Å²) in [6.07, 6.45) is 1.62. The Bertz CT molecular complexity index is 2310. The van der Waals surface area contributed by atoms with Gasteiger partial charge in [-0.25, -0.2) is 20.0 Å². The highest BCUT2D eigenvalue weighted by Gasteiger charge is 2.15. The van der Waals surface area contributed by atoms with Gasteiger partial charge in [0, 0.05) is 43.6 Å². The fourth-order valence-electron chi connectivity index (χ4n) is 5.35. The largest absolute Gasteiger partial charge is 0.398 e. The third-order valence-electron chi connectivity index (χ3n) is 7.30. The third kappa shape index (κ3) is 3.79. The molecular formula is C32H23N9.